The first-order chi connectivity index (χ1) is 11.1. The van der Waals surface area contributed by atoms with Gasteiger partial charge in [0.25, 0.3) is 5.91 Å². The molecule has 23 heavy (non-hydrogen) atoms. The molecule has 0 saturated carbocycles. The monoisotopic (exact) mass is 316 g/mol. The fourth-order valence-electron chi connectivity index (χ4n) is 2.81. The molecule has 2 nitrogen and oxygen atoms in total. The zero-order chi connectivity index (χ0) is 16.9. The van der Waals surface area contributed by atoms with Crippen LogP contribution in [0.2, 0.25) is 0 Å². The smallest absolute Gasteiger partial charge is 0.253 e. The molecule has 0 unspecified atom stereocenters. The zero-order valence-electron chi connectivity index (χ0n) is 15.2. The van der Waals surface area contributed by atoms with Crippen molar-refractivity contribution in [2.45, 2.75) is 71.1 Å². The summed E-state index contributed by atoms with van der Waals surface area (Å²) < 4.78 is 0. The van der Waals surface area contributed by atoms with Crippen molar-refractivity contribution in [3.8, 4) is 0 Å². The highest BCUT2D eigenvalue weighted by Crippen LogP contribution is 2.11. The number of carbonyl (C=O) groups is 1. The standard InChI is InChI=1S/C21H34NO/c1-4-5-6-7-8-9-10-11-12-13-18-22(3)21(23)20-16-14-19(2)15-17-20/h14-17H,2,4-13,18H2,1,3H3. The lowest BCUT2D eigenvalue weighted by atomic mass is 10.1. The molecule has 129 valence electrons. The molecular formula is C21H34NO. The van der Waals surface area contributed by atoms with Crippen LogP contribution in [0.5, 0.6) is 0 Å². The van der Waals surface area contributed by atoms with Gasteiger partial charge >= 0.3 is 0 Å². The number of benzene rings is 1. The molecule has 0 atom stereocenters. The van der Waals surface area contributed by atoms with Crippen LogP contribution in [-0.4, -0.2) is 24.4 Å². The molecule has 0 aliphatic heterocycles. The van der Waals surface area contributed by atoms with Gasteiger partial charge in [0.1, 0.15) is 0 Å². The average molecular weight is 317 g/mol. The van der Waals surface area contributed by atoms with Gasteiger partial charge in [-0.1, -0.05) is 76.8 Å². The highest BCUT2D eigenvalue weighted by molar-refractivity contribution is 5.94. The molecule has 0 bridgehead atoms. The molecule has 0 aliphatic carbocycles. The molecule has 0 N–H and O–H groups in total. The van der Waals surface area contributed by atoms with Crippen LogP contribution in [0, 0.1) is 6.92 Å². The summed E-state index contributed by atoms with van der Waals surface area (Å²) in [7, 11) is 1.90. The largest absolute Gasteiger partial charge is 0.342 e. The van der Waals surface area contributed by atoms with Crippen molar-refractivity contribution < 1.29 is 4.79 Å². The minimum absolute atomic E-state index is 0.112. The zero-order valence-corrected chi connectivity index (χ0v) is 15.2. The molecule has 1 radical (unpaired) electrons. The van der Waals surface area contributed by atoms with Gasteiger partial charge in [0.2, 0.25) is 0 Å². The van der Waals surface area contributed by atoms with Crippen LogP contribution in [0.4, 0.5) is 0 Å². The average Bonchev–Trinajstić information content (AvgIpc) is 2.56. The second-order valence-electron chi connectivity index (χ2n) is 6.61. The highest BCUT2D eigenvalue weighted by Gasteiger charge is 2.10. The van der Waals surface area contributed by atoms with Crippen molar-refractivity contribution in [1.29, 1.82) is 0 Å². The van der Waals surface area contributed by atoms with Gasteiger partial charge in [0.05, 0.1) is 0 Å². The summed E-state index contributed by atoms with van der Waals surface area (Å²) in [5.41, 5.74) is 1.70. The number of hydrogen-bond acceptors (Lipinski definition) is 1. The Morgan fingerprint density at radius 3 is 1.87 bits per heavy atom. The van der Waals surface area contributed by atoms with Crippen LogP contribution >= 0.6 is 0 Å². The van der Waals surface area contributed by atoms with Gasteiger partial charge in [-0.15, -0.1) is 0 Å². The second kappa shape index (κ2) is 12.2. The third kappa shape index (κ3) is 8.78. The predicted octanol–water partition coefficient (Wildman–Crippen LogP) is 5.86. The van der Waals surface area contributed by atoms with E-state index in [1.165, 1.54) is 57.8 Å². The van der Waals surface area contributed by atoms with E-state index in [2.05, 4.69) is 13.8 Å². The number of unbranched alkanes of at least 4 members (excludes halogenated alkanes) is 9. The van der Waals surface area contributed by atoms with Crippen LogP contribution < -0.4 is 0 Å². The lowest BCUT2D eigenvalue weighted by Gasteiger charge is -2.17. The van der Waals surface area contributed by atoms with E-state index in [0.717, 1.165) is 24.1 Å². The van der Waals surface area contributed by atoms with Gasteiger partial charge in [-0.3, -0.25) is 4.79 Å². The Kier molecular flexibility index (Phi) is 10.4. The minimum Gasteiger partial charge on any atom is -0.342 e. The first kappa shape index (κ1) is 19.7. The van der Waals surface area contributed by atoms with E-state index < -0.39 is 0 Å². The summed E-state index contributed by atoms with van der Waals surface area (Å²) in [6, 6.07) is 7.50. The van der Waals surface area contributed by atoms with Gasteiger partial charge < -0.3 is 4.90 Å². The molecule has 0 heterocycles. The maximum Gasteiger partial charge on any atom is 0.253 e. The highest BCUT2D eigenvalue weighted by atomic mass is 16.2. The molecule has 0 aliphatic rings. The van der Waals surface area contributed by atoms with Crippen LogP contribution in [0.25, 0.3) is 0 Å². The second-order valence-corrected chi connectivity index (χ2v) is 6.61. The summed E-state index contributed by atoms with van der Waals surface area (Å²) >= 11 is 0. The first-order valence-electron chi connectivity index (χ1n) is 9.32. The van der Waals surface area contributed by atoms with E-state index in [4.69, 9.17) is 0 Å². The van der Waals surface area contributed by atoms with Crippen LogP contribution in [0.3, 0.4) is 0 Å². The summed E-state index contributed by atoms with van der Waals surface area (Å²) in [6.45, 7) is 6.96. The summed E-state index contributed by atoms with van der Waals surface area (Å²) in [6.07, 6.45) is 13.2. The Balaban J connectivity index is 2.04. The lowest BCUT2D eigenvalue weighted by Crippen LogP contribution is -2.27. The Morgan fingerprint density at radius 1 is 0.870 bits per heavy atom. The summed E-state index contributed by atoms with van der Waals surface area (Å²) in [5, 5.41) is 0. The normalized spacial score (nSPS) is 10.7. The van der Waals surface area contributed by atoms with E-state index in [1.54, 1.807) is 0 Å². The van der Waals surface area contributed by atoms with Crippen molar-refractivity contribution >= 4 is 5.91 Å². The van der Waals surface area contributed by atoms with Crippen molar-refractivity contribution in [2.24, 2.45) is 0 Å². The Hall–Kier alpha value is -1.31. The number of amides is 1. The number of nitrogens with zero attached hydrogens (tertiary/aromatic N) is 1. The molecule has 1 aromatic carbocycles. The molecule has 2 heteroatoms. The van der Waals surface area contributed by atoms with Crippen molar-refractivity contribution in [2.75, 3.05) is 13.6 Å². The van der Waals surface area contributed by atoms with Crippen LogP contribution in [0.15, 0.2) is 24.3 Å². The number of carbonyl (C=O) groups excluding carboxylic acids is 1. The Bertz CT molecular complexity index is 424. The molecule has 1 aromatic rings. The quantitative estimate of drug-likeness (QED) is 0.442. The maximum absolute atomic E-state index is 12.3. The fraction of sp³-hybridized carbons (Fsp3) is 0.619. The minimum atomic E-state index is 0.112. The van der Waals surface area contributed by atoms with Crippen LogP contribution in [0.1, 0.15) is 87.1 Å². The first-order valence-corrected chi connectivity index (χ1v) is 9.32. The van der Waals surface area contributed by atoms with E-state index in [-0.39, 0.29) is 5.91 Å². The Morgan fingerprint density at radius 2 is 1.35 bits per heavy atom. The van der Waals surface area contributed by atoms with Gasteiger partial charge in [-0.25, -0.2) is 0 Å². The molecule has 1 rings (SSSR count). The maximum atomic E-state index is 12.3. The third-order valence-electron chi connectivity index (χ3n) is 4.39. The SMILES string of the molecule is [CH2]c1ccc(C(=O)N(C)CCCCCCCCCCCC)cc1. The fourth-order valence-corrected chi connectivity index (χ4v) is 2.81. The van der Waals surface area contributed by atoms with Crippen molar-refractivity contribution in [3.05, 3.63) is 42.3 Å². The van der Waals surface area contributed by atoms with Crippen LogP contribution in [-0.2, 0) is 0 Å². The molecule has 0 fully saturated rings. The van der Waals surface area contributed by atoms with Gasteiger partial charge in [0.15, 0.2) is 0 Å². The lowest BCUT2D eigenvalue weighted by molar-refractivity contribution is 0.0792. The van der Waals surface area contributed by atoms with E-state index in [1.807, 2.05) is 36.2 Å². The van der Waals surface area contributed by atoms with Gasteiger partial charge in [-0.2, -0.15) is 0 Å². The summed E-state index contributed by atoms with van der Waals surface area (Å²) in [5.74, 6) is 0.112. The van der Waals surface area contributed by atoms with E-state index in [0.29, 0.717) is 0 Å². The predicted molar refractivity (Wildman–Crippen MR) is 99.7 cm³/mol. The molecule has 0 aromatic heterocycles. The third-order valence-corrected chi connectivity index (χ3v) is 4.39. The summed E-state index contributed by atoms with van der Waals surface area (Å²) in [4.78, 5) is 14.1. The molecular weight excluding hydrogens is 282 g/mol. The van der Waals surface area contributed by atoms with E-state index >= 15 is 0 Å². The van der Waals surface area contributed by atoms with E-state index in [9.17, 15) is 4.79 Å². The molecule has 0 spiro atoms. The number of hydrogen-bond donors (Lipinski definition) is 0. The van der Waals surface area contributed by atoms with Crippen molar-refractivity contribution in [3.63, 3.8) is 0 Å². The molecule has 0 saturated heterocycles. The van der Waals surface area contributed by atoms with Crippen molar-refractivity contribution in [1.82, 2.24) is 4.90 Å². The van der Waals surface area contributed by atoms with Gasteiger partial charge in [-0.05, 0) is 31.0 Å². The molecule has 1 amide bonds. The topological polar surface area (TPSA) is 20.3 Å². The number of rotatable bonds is 12. The van der Waals surface area contributed by atoms with Gasteiger partial charge in [0, 0.05) is 19.2 Å². The Labute approximate surface area is 143 Å².